The molecule has 7 nitrogen and oxygen atoms in total. The van der Waals surface area contributed by atoms with E-state index in [0.29, 0.717) is 12.8 Å². The van der Waals surface area contributed by atoms with Gasteiger partial charge in [0.15, 0.2) is 0 Å². The van der Waals surface area contributed by atoms with E-state index in [-0.39, 0.29) is 12.0 Å². The van der Waals surface area contributed by atoms with E-state index in [1.807, 2.05) is 0 Å². The SMILES string of the molecule is C=C(C)CC(C(=O)O)(C(CCCCCCCCCCCCCCCCCCCC)C(=O)O)S(=O)(=O)O. The van der Waals surface area contributed by atoms with Crippen molar-refractivity contribution in [3.05, 3.63) is 12.2 Å². The van der Waals surface area contributed by atoms with Crippen LogP contribution in [0, 0.1) is 5.92 Å². The third kappa shape index (κ3) is 13.8. The molecule has 36 heavy (non-hydrogen) atoms. The van der Waals surface area contributed by atoms with Crippen LogP contribution in [0.1, 0.15) is 142 Å². The van der Waals surface area contributed by atoms with Gasteiger partial charge in [-0.1, -0.05) is 128 Å². The maximum absolute atomic E-state index is 12.0. The van der Waals surface area contributed by atoms with Gasteiger partial charge in [0.05, 0.1) is 5.92 Å². The van der Waals surface area contributed by atoms with Crippen LogP contribution in [0.15, 0.2) is 12.2 Å². The Morgan fingerprint density at radius 3 is 1.31 bits per heavy atom. The van der Waals surface area contributed by atoms with Crippen molar-refractivity contribution < 1.29 is 32.8 Å². The Bertz CT molecular complexity index is 732. The van der Waals surface area contributed by atoms with Gasteiger partial charge in [-0.3, -0.25) is 14.1 Å². The number of carboxylic acid groups (broad SMARTS) is 2. The Kier molecular flexibility index (Phi) is 18.9. The molecule has 0 rings (SSSR count). The first-order valence-corrected chi connectivity index (χ1v) is 15.5. The van der Waals surface area contributed by atoms with Crippen molar-refractivity contribution in [1.29, 1.82) is 0 Å². The van der Waals surface area contributed by atoms with Crippen LogP contribution < -0.4 is 0 Å². The highest BCUT2D eigenvalue weighted by atomic mass is 32.2. The highest BCUT2D eigenvalue weighted by Gasteiger charge is 2.59. The van der Waals surface area contributed by atoms with E-state index < -0.39 is 39.1 Å². The Balaban J connectivity index is 4.10. The van der Waals surface area contributed by atoms with Crippen LogP contribution in [0.4, 0.5) is 0 Å². The Hall–Kier alpha value is -1.41. The molecule has 0 fully saturated rings. The van der Waals surface area contributed by atoms with Gasteiger partial charge in [-0.15, -0.1) is 6.58 Å². The number of hydrogen-bond acceptors (Lipinski definition) is 4. The van der Waals surface area contributed by atoms with Gasteiger partial charge in [0, 0.05) is 6.42 Å². The molecule has 0 aromatic heterocycles. The zero-order valence-electron chi connectivity index (χ0n) is 22.8. The summed E-state index contributed by atoms with van der Waals surface area (Å²) in [7, 11) is -5.18. The van der Waals surface area contributed by atoms with E-state index >= 15 is 0 Å². The lowest BCUT2D eigenvalue weighted by atomic mass is 9.82. The second-order valence-corrected chi connectivity index (χ2v) is 12.2. The van der Waals surface area contributed by atoms with Crippen molar-refractivity contribution in [1.82, 2.24) is 0 Å². The summed E-state index contributed by atoms with van der Waals surface area (Å²) in [6, 6.07) is 0. The first-order chi connectivity index (χ1) is 17.0. The van der Waals surface area contributed by atoms with Gasteiger partial charge in [-0.25, -0.2) is 0 Å². The van der Waals surface area contributed by atoms with Crippen molar-refractivity contribution in [2.45, 2.75) is 147 Å². The maximum atomic E-state index is 12.0. The smallest absolute Gasteiger partial charge is 0.328 e. The summed E-state index contributed by atoms with van der Waals surface area (Å²) in [5.74, 6) is -5.14. The fourth-order valence-electron chi connectivity index (χ4n) is 4.98. The lowest BCUT2D eigenvalue weighted by molar-refractivity contribution is -0.152. The molecule has 0 aromatic carbocycles. The zero-order chi connectivity index (χ0) is 27.5. The van der Waals surface area contributed by atoms with Crippen LogP contribution in [0.25, 0.3) is 0 Å². The van der Waals surface area contributed by atoms with E-state index in [1.165, 1.54) is 90.4 Å². The maximum Gasteiger partial charge on any atom is 0.328 e. The fourth-order valence-corrected chi connectivity index (χ4v) is 6.21. The number of rotatable bonds is 25. The van der Waals surface area contributed by atoms with Gasteiger partial charge < -0.3 is 10.2 Å². The van der Waals surface area contributed by atoms with Crippen LogP contribution in [0.5, 0.6) is 0 Å². The van der Waals surface area contributed by atoms with E-state index in [1.54, 1.807) is 0 Å². The molecule has 0 amide bonds. The molecule has 0 saturated heterocycles. The minimum absolute atomic E-state index is 0.132. The molecule has 0 saturated carbocycles. The summed E-state index contributed by atoms with van der Waals surface area (Å²) in [4.78, 5) is 23.7. The molecule has 0 bridgehead atoms. The topological polar surface area (TPSA) is 129 Å². The third-order valence-electron chi connectivity index (χ3n) is 7.09. The van der Waals surface area contributed by atoms with Crippen molar-refractivity contribution in [2.24, 2.45) is 5.92 Å². The van der Waals surface area contributed by atoms with Gasteiger partial charge in [0.1, 0.15) is 0 Å². The van der Waals surface area contributed by atoms with E-state index in [0.717, 1.165) is 19.3 Å². The number of hydrogen-bond donors (Lipinski definition) is 3. The number of carbonyl (C=O) groups is 2. The number of aliphatic carboxylic acids is 2. The standard InChI is InChI=1S/C28H52O7S/c1-4-5-6-7-8-9-10-11-12-13-14-15-16-17-18-19-20-21-22-25(26(29)30)28(27(31)32,23-24(2)3)36(33,34)35/h25H,2,4-23H2,1,3H3,(H,29,30)(H,31,32)(H,33,34,35). The molecule has 2 atom stereocenters. The van der Waals surface area contributed by atoms with E-state index in [4.69, 9.17) is 0 Å². The third-order valence-corrected chi connectivity index (χ3v) is 8.62. The number of allylic oxidation sites excluding steroid dienone is 1. The predicted molar refractivity (Wildman–Crippen MR) is 146 cm³/mol. The van der Waals surface area contributed by atoms with Gasteiger partial charge in [0.2, 0.25) is 4.75 Å². The van der Waals surface area contributed by atoms with E-state index in [9.17, 15) is 32.8 Å². The van der Waals surface area contributed by atoms with Crippen LogP contribution in [0.2, 0.25) is 0 Å². The first-order valence-electron chi connectivity index (χ1n) is 14.1. The summed E-state index contributed by atoms with van der Waals surface area (Å²) in [6.07, 6.45) is 20.5. The number of carboxylic acids is 2. The van der Waals surface area contributed by atoms with Crippen molar-refractivity contribution in [3.8, 4) is 0 Å². The van der Waals surface area contributed by atoms with Crippen LogP contribution in [-0.2, 0) is 19.7 Å². The largest absolute Gasteiger partial charge is 0.481 e. The van der Waals surface area contributed by atoms with Crippen LogP contribution in [0.3, 0.4) is 0 Å². The molecule has 2 unspecified atom stereocenters. The molecule has 0 heterocycles. The molecule has 212 valence electrons. The Morgan fingerprint density at radius 2 is 1.06 bits per heavy atom. The summed E-state index contributed by atoms with van der Waals surface area (Å²) < 4.78 is 31.0. The zero-order valence-corrected chi connectivity index (χ0v) is 23.6. The molecule has 0 spiro atoms. The van der Waals surface area contributed by atoms with Crippen molar-refractivity contribution >= 4 is 22.1 Å². The van der Waals surface area contributed by atoms with Gasteiger partial charge in [-0.2, -0.15) is 8.42 Å². The average Bonchev–Trinajstić information content (AvgIpc) is 2.78. The van der Waals surface area contributed by atoms with Gasteiger partial charge in [0.25, 0.3) is 10.1 Å². The summed E-state index contributed by atoms with van der Waals surface area (Å²) >= 11 is 0. The summed E-state index contributed by atoms with van der Waals surface area (Å²) in [5, 5.41) is 19.2. The van der Waals surface area contributed by atoms with Gasteiger partial charge >= 0.3 is 11.9 Å². The fraction of sp³-hybridized carbons (Fsp3) is 0.857. The summed E-state index contributed by atoms with van der Waals surface area (Å²) in [5.41, 5.74) is 0.180. The lowest BCUT2D eigenvalue weighted by Crippen LogP contribution is -2.55. The highest BCUT2D eigenvalue weighted by molar-refractivity contribution is 7.88. The number of unbranched alkanes of at least 4 members (excludes halogenated alkanes) is 17. The first kappa shape index (κ1) is 34.6. The molecular formula is C28H52O7S. The minimum Gasteiger partial charge on any atom is -0.481 e. The second kappa shape index (κ2) is 19.7. The van der Waals surface area contributed by atoms with Crippen LogP contribution >= 0.6 is 0 Å². The Labute approximate surface area is 219 Å². The molecule has 0 aliphatic heterocycles. The minimum atomic E-state index is -5.18. The highest BCUT2D eigenvalue weighted by Crippen LogP contribution is 2.37. The molecule has 8 heteroatoms. The predicted octanol–water partition coefficient (Wildman–Crippen LogP) is 7.80. The van der Waals surface area contributed by atoms with Crippen molar-refractivity contribution in [2.75, 3.05) is 0 Å². The molecule has 0 radical (unpaired) electrons. The quantitative estimate of drug-likeness (QED) is 0.0621. The molecule has 3 N–H and O–H groups in total. The molecule has 0 aromatic rings. The summed E-state index contributed by atoms with van der Waals surface area (Å²) in [6.45, 7) is 7.19. The second-order valence-electron chi connectivity index (χ2n) is 10.5. The van der Waals surface area contributed by atoms with Crippen LogP contribution in [-0.4, -0.2) is 39.9 Å². The van der Waals surface area contributed by atoms with Gasteiger partial charge in [-0.05, 0) is 13.3 Å². The molecule has 0 aliphatic carbocycles. The normalized spacial score (nSPS) is 14.3. The monoisotopic (exact) mass is 532 g/mol. The lowest BCUT2D eigenvalue weighted by Gasteiger charge is -2.32. The van der Waals surface area contributed by atoms with E-state index in [2.05, 4.69) is 13.5 Å². The Morgan fingerprint density at radius 1 is 0.722 bits per heavy atom. The van der Waals surface area contributed by atoms with Crippen molar-refractivity contribution in [3.63, 3.8) is 0 Å². The molecular weight excluding hydrogens is 480 g/mol. The molecule has 0 aliphatic rings. The average molecular weight is 533 g/mol.